The Kier molecular flexibility index (Phi) is 15.9. The number of fused-ring (bicyclic) bond motifs is 8. The van der Waals surface area contributed by atoms with Crippen molar-refractivity contribution >= 4 is 65.8 Å². The predicted molar refractivity (Wildman–Crippen MR) is 362 cm³/mol. The molecule has 448 valence electrons. The van der Waals surface area contributed by atoms with E-state index in [1.165, 1.54) is 0 Å². The third kappa shape index (κ3) is 11.1. The smallest absolute Gasteiger partial charge is 0.481 e. The number of para-hydroxylation sites is 1. The Morgan fingerprint density at radius 3 is 1.37 bits per heavy atom. The van der Waals surface area contributed by atoms with Crippen molar-refractivity contribution in [2.45, 2.75) is 0 Å². The molecule has 0 unspecified atom stereocenters. The second-order valence-corrected chi connectivity index (χ2v) is 22.0. The van der Waals surface area contributed by atoms with Gasteiger partial charge in [-0.3, -0.25) is 29.9 Å². The van der Waals surface area contributed by atoms with Crippen LogP contribution in [-0.2, 0) is 42.1 Å². The van der Waals surface area contributed by atoms with Crippen LogP contribution in [0.25, 0.3) is 168 Å². The summed E-state index contributed by atoms with van der Waals surface area (Å²) in [4.78, 5) is 37.1. The first kappa shape index (κ1) is 58.9. The van der Waals surface area contributed by atoms with Gasteiger partial charge in [0.15, 0.2) is 0 Å². The van der Waals surface area contributed by atoms with E-state index in [2.05, 4.69) is 136 Å². The number of hydrogen-bond donors (Lipinski definition) is 0. The van der Waals surface area contributed by atoms with E-state index in [1.807, 2.05) is 182 Å². The van der Waals surface area contributed by atoms with Crippen LogP contribution in [0.1, 0.15) is 0 Å². The van der Waals surface area contributed by atoms with E-state index in [4.69, 9.17) is 18.8 Å². The maximum absolute atomic E-state index is 6.33. The van der Waals surface area contributed by atoms with Crippen LogP contribution in [0.5, 0.6) is 0 Å². The SMILES string of the molecule is [Pt+2].[Pt+2].[c-]1c(-c2ccccn2)cc(-c2ccccn2)cc1-n1c2[c-]c(-c3nc4ccc(-c5ccccn5)cc4o3)ccc2c2ccccc21.[c-]1c(-c2ccccn2)cccc1-n1c2[c-]c(-c3nc4cc(-c5ccccn5)ccc4o3)ccc2c2cc(-c3ccccn3)ccc21. The molecular formula is C80H46N10O2Pt2. The molecule has 94 heavy (non-hydrogen) atoms. The van der Waals surface area contributed by atoms with Gasteiger partial charge in [0.1, 0.15) is 22.9 Å². The first-order valence-corrected chi connectivity index (χ1v) is 29.9. The van der Waals surface area contributed by atoms with Crippen molar-refractivity contribution in [2.24, 2.45) is 0 Å². The van der Waals surface area contributed by atoms with E-state index >= 15 is 0 Å². The van der Waals surface area contributed by atoms with Gasteiger partial charge >= 0.3 is 42.1 Å². The molecule has 0 N–H and O–H groups in total. The van der Waals surface area contributed by atoms with Gasteiger partial charge in [0.25, 0.3) is 0 Å². The van der Waals surface area contributed by atoms with Crippen LogP contribution < -0.4 is 0 Å². The maximum atomic E-state index is 6.33. The predicted octanol–water partition coefficient (Wildman–Crippen LogP) is 18.8. The first-order chi connectivity index (χ1) is 45.6. The van der Waals surface area contributed by atoms with Crippen LogP contribution in [0.15, 0.2) is 289 Å². The van der Waals surface area contributed by atoms with Gasteiger partial charge in [-0.05, 0) is 148 Å². The van der Waals surface area contributed by atoms with Crippen LogP contribution >= 0.6 is 0 Å². The molecule has 0 aliphatic heterocycles. The number of rotatable bonds is 10. The maximum Gasteiger partial charge on any atom is 2.00 e. The molecule has 0 aliphatic carbocycles. The zero-order valence-corrected chi connectivity index (χ0v) is 54.0. The van der Waals surface area contributed by atoms with E-state index in [1.54, 1.807) is 24.8 Å². The molecule has 0 fully saturated rings. The van der Waals surface area contributed by atoms with E-state index in [9.17, 15) is 0 Å². The summed E-state index contributed by atoms with van der Waals surface area (Å²) in [7, 11) is 0. The number of pyridine rings is 6. The molecule has 0 spiro atoms. The Morgan fingerprint density at radius 1 is 0.277 bits per heavy atom. The summed E-state index contributed by atoms with van der Waals surface area (Å²) in [6.45, 7) is 0. The van der Waals surface area contributed by atoms with Crippen molar-refractivity contribution in [1.82, 2.24) is 49.0 Å². The number of aromatic nitrogens is 10. The Morgan fingerprint density at radius 2 is 0.755 bits per heavy atom. The minimum Gasteiger partial charge on any atom is -0.481 e. The molecule has 0 amide bonds. The van der Waals surface area contributed by atoms with E-state index in [0.29, 0.717) is 22.9 Å². The van der Waals surface area contributed by atoms with Crippen molar-refractivity contribution in [1.29, 1.82) is 0 Å². The third-order valence-corrected chi connectivity index (χ3v) is 16.3. The standard InChI is InChI=1S/2C40H23N5O.2Pt/c1-4-19-41-33(10-1)26-8-7-9-30(22-26)45-37-17-14-27(34-11-2-5-20-42-34)23-32(37)31-16-13-29(25-38(31)45)40-44-36-24-28(15-18-39(36)46-40)35-12-3-6-21-43-35;1-2-13-37-31(9-1)32-16-14-27(40-44-36-17-15-26(25-39(36)46-40)33-10-3-6-18-41-33)24-38(32)45(37)30-22-28(34-11-4-7-19-42-34)21-29(23-30)35-12-5-8-20-43-35;;/h1-21,23-24H;1-22,25H;;/q2*-2;2*+2. The Labute approximate surface area is 567 Å². The van der Waals surface area contributed by atoms with Crippen molar-refractivity contribution < 1.29 is 51.0 Å². The Balaban J connectivity index is 0.000000152. The molecule has 12 nitrogen and oxygen atoms in total. The minimum atomic E-state index is 0. The Bertz CT molecular complexity index is 5710. The van der Waals surface area contributed by atoms with Gasteiger partial charge in [-0.1, -0.05) is 112 Å². The average Bonchev–Trinajstić information content (AvgIpc) is 1.62. The summed E-state index contributed by atoms with van der Waals surface area (Å²) in [5.41, 5.74) is 21.1. The summed E-state index contributed by atoms with van der Waals surface area (Å²) < 4.78 is 17.0. The zero-order chi connectivity index (χ0) is 60.9. The second-order valence-electron chi connectivity index (χ2n) is 22.0. The van der Waals surface area contributed by atoms with E-state index in [-0.39, 0.29) is 42.1 Å². The molecule has 14 heteroatoms. The topological polar surface area (TPSA) is 139 Å². The van der Waals surface area contributed by atoms with Crippen LogP contribution in [0, 0.1) is 24.3 Å². The number of nitrogens with zero attached hydrogens (tertiary/aromatic N) is 10. The van der Waals surface area contributed by atoms with Gasteiger partial charge in [0.05, 0.1) is 33.8 Å². The second kappa shape index (κ2) is 25.3. The van der Waals surface area contributed by atoms with E-state index < -0.39 is 0 Å². The van der Waals surface area contributed by atoms with Crippen LogP contribution in [-0.4, -0.2) is 49.0 Å². The number of benzene rings is 8. The van der Waals surface area contributed by atoms with Gasteiger partial charge in [-0.2, -0.15) is 0 Å². The van der Waals surface area contributed by atoms with Crippen molar-refractivity contribution in [3.63, 3.8) is 0 Å². The number of oxazole rings is 2. The summed E-state index contributed by atoms with van der Waals surface area (Å²) in [5, 5.41) is 4.34. The molecule has 18 aromatic rings. The number of hydrogen-bond acceptors (Lipinski definition) is 10. The normalized spacial score (nSPS) is 11.2. The monoisotopic (exact) mass is 1570 g/mol. The van der Waals surface area contributed by atoms with Gasteiger partial charge in [0.2, 0.25) is 0 Å². The fourth-order valence-electron chi connectivity index (χ4n) is 12.0. The summed E-state index contributed by atoms with van der Waals surface area (Å²) in [6, 6.07) is 95.5. The van der Waals surface area contributed by atoms with Gasteiger partial charge in [-0.25, -0.2) is 0 Å². The van der Waals surface area contributed by atoms with Crippen LogP contribution in [0.3, 0.4) is 0 Å². The molecular weight excluding hydrogens is 1520 g/mol. The largest absolute Gasteiger partial charge is 2.00 e. The van der Waals surface area contributed by atoms with E-state index in [0.717, 1.165) is 145 Å². The quantitative estimate of drug-likeness (QED) is 0.122. The zero-order valence-electron chi connectivity index (χ0n) is 49.5. The summed E-state index contributed by atoms with van der Waals surface area (Å²) in [6.07, 6.45) is 10.8. The molecule has 0 saturated carbocycles. The molecule has 0 radical (unpaired) electrons. The fraction of sp³-hybridized carbons (Fsp3) is 0. The van der Waals surface area contributed by atoms with Crippen LogP contribution in [0.2, 0.25) is 0 Å². The van der Waals surface area contributed by atoms with Crippen molar-refractivity contribution in [3.05, 3.63) is 304 Å². The average molecular weight is 1570 g/mol. The van der Waals surface area contributed by atoms with Crippen LogP contribution in [0.4, 0.5) is 0 Å². The van der Waals surface area contributed by atoms with Crippen molar-refractivity contribution in [2.75, 3.05) is 0 Å². The Hall–Kier alpha value is -11.4. The van der Waals surface area contributed by atoms with Gasteiger partial charge in [0, 0.05) is 64.9 Å². The molecule has 0 bridgehead atoms. The summed E-state index contributed by atoms with van der Waals surface area (Å²) in [5.74, 6) is 1.01. The molecule has 8 aromatic carbocycles. The van der Waals surface area contributed by atoms with Gasteiger partial charge in [-0.15, -0.1) is 90.0 Å². The first-order valence-electron chi connectivity index (χ1n) is 29.9. The molecule has 18 rings (SSSR count). The summed E-state index contributed by atoms with van der Waals surface area (Å²) >= 11 is 0. The van der Waals surface area contributed by atoms with Crippen molar-refractivity contribution in [3.8, 4) is 102 Å². The van der Waals surface area contributed by atoms with Gasteiger partial charge < -0.3 is 27.9 Å². The minimum absolute atomic E-state index is 0. The third-order valence-electron chi connectivity index (χ3n) is 16.3. The fourth-order valence-corrected chi connectivity index (χ4v) is 12.0. The molecule has 10 heterocycles. The molecule has 0 atom stereocenters. The molecule has 10 aromatic heterocycles. The molecule has 0 saturated heterocycles. The molecule has 0 aliphatic rings.